The molecule has 0 spiro atoms. The van der Waals surface area contributed by atoms with E-state index in [4.69, 9.17) is 0 Å². The second-order valence-electron chi connectivity index (χ2n) is 1.82. The minimum atomic E-state index is -0.801. The molecule has 0 aromatic heterocycles. The summed E-state index contributed by atoms with van der Waals surface area (Å²) in [6.07, 6.45) is 0. The average Bonchev–Trinajstić information content (AvgIpc) is 1.88. The fourth-order valence-corrected chi connectivity index (χ4v) is 8.30. The van der Waals surface area contributed by atoms with E-state index in [-0.39, 0.29) is 0 Å². The molecule has 0 amide bonds. The van der Waals surface area contributed by atoms with Crippen molar-refractivity contribution >= 4 is 50.4 Å². The average molecular weight is 425 g/mol. The van der Waals surface area contributed by atoms with Crippen LogP contribution < -0.4 is 0 Å². The van der Waals surface area contributed by atoms with Gasteiger partial charge in [0.2, 0.25) is 0 Å². The van der Waals surface area contributed by atoms with Gasteiger partial charge in [-0.1, -0.05) is 0 Å². The van der Waals surface area contributed by atoms with E-state index in [2.05, 4.69) is 63.7 Å². The van der Waals surface area contributed by atoms with Crippen molar-refractivity contribution in [2.75, 3.05) is 4.93 Å². The molecule has 1 aromatic carbocycles. The second-order valence-corrected chi connectivity index (χ2v) is 14.3. The van der Waals surface area contributed by atoms with E-state index in [1.807, 2.05) is 0 Å². The van der Waals surface area contributed by atoms with Gasteiger partial charge in [-0.15, -0.1) is 0 Å². The summed E-state index contributed by atoms with van der Waals surface area (Å²) in [6.45, 7) is 0. The van der Waals surface area contributed by atoms with Crippen LogP contribution in [-0.2, 0) is 0 Å². The first-order valence-corrected chi connectivity index (χ1v) is 13.0. The Morgan fingerprint density at radius 2 is 2.00 bits per heavy atom. The molecule has 0 aliphatic carbocycles. The third-order valence-electron chi connectivity index (χ3n) is 1.10. The zero-order valence-electron chi connectivity index (χ0n) is 5.44. The Bertz CT molecular complexity index is 223. The van der Waals surface area contributed by atoms with Crippen molar-refractivity contribution in [3.8, 4) is 0 Å². The normalized spacial score (nSPS) is 11.3. The topological polar surface area (TPSA) is 0 Å². The molecular weight excluding hydrogens is 418 g/mol. The summed E-state index contributed by atoms with van der Waals surface area (Å²) >= 11 is 5.29. The third kappa shape index (κ3) is 2.34. The first-order chi connectivity index (χ1) is 4.72. The van der Waals surface area contributed by atoms with E-state index in [9.17, 15) is 0 Å². The molecule has 3 heteroatoms. The number of rotatable bonds is 1. The summed E-state index contributed by atoms with van der Waals surface area (Å²) < 4.78 is 2.80. The number of hydrogen-bond acceptors (Lipinski definition) is 0. The predicted molar refractivity (Wildman–Crippen MR) is 66.8 cm³/mol. The molecule has 0 N–H and O–H groups in total. The van der Waals surface area contributed by atoms with Crippen molar-refractivity contribution in [3.05, 3.63) is 32.3 Å². The number of alkyl halides is 1. The maximum absolute atomic E-state index is 3.53. The van der Waals surface area contributed by atoms with Crippen LogP contribution in [0, 0.1) is 3.57 Å². The van der Waals surface area contributed by atoms with Crippen molar-refractivity contribution in [1.29, 1.82) is 0 Å². The van der Waals surface area contributed by atoms with Crippen molar-refractivity contribution < 1.29 is 0 Å². The molecule has 0 saturated carbocycles. The molecule has 56 valence electrons. The summed E-state index contributed by atoms with van der Waals surface area (Å²) in [5.74, 6) is 0. The fourth-order valence-electron chi connectivity index (χ4n) is 0.650. The molecule has 0 aliphatic rings. The maximum atomic E-state index is 3.53. The first kappa shape index (κ1) is 9.25. The summed E-state index contributed by atoms with van der Waals surface area (Å²) in [7, 11) is 0. The van der Waals surface area contributed by atoms with Crippen LogP contribution in [0.15, 0.2) is 28.7 Å². The minimum absolute atomic E-state index is 0.801. The molecule has 0 fully saturated rings. The summed E-state index contributed by atoms with van der Waals surface area (Å²) in [5.41, 5.74) is 0. The standard InChI is InChI=1S/C7H7BrI2/c1-10(9)7-5-3-2-4-6(7)8/h2-5H,1H3. The van der Waals surface area contributed by atoms with Gasteiger partial charge in [-0.3, -0.25) is 0 Å². The molecule has 0 heterocycles. The molecule has 0 atom stereocenters. The van der Waals surface area contributed by atoms with Gasteiger partial charge >= 0.3 is 87.6 Å². The fraction of sp³-hybridized carbons (Fsp3) is 0.143. The van der Waals surface area contributed by atoms with Crippen LogP contribution in [0.5, 0.6) is 0 Å². The Kier molecular flexibility index (Phi) is 3.93. The molecule has 0 bridgehead atoms. The molecule has 0 aliphatic heterocycles. The van der Waals surface area contributed by atoms with Gasteiger partial charge in [0.25, 0.3) is 0 Å². The van der Waals surface area contributed by atoms with Gasteiger partial charge < -0.3 is 0 Å². The number of hydrogen-bond donors (Lipinski definition) is 0. The summed E-state index contributed by atoms with van der Waals surface area (Å²) in [4.78, 5) is 2.34. The van der Waals surface area contributed by atoms with E-state index in [1.54, 1.807) is 0 Å². The van der Waals surface area contributed by atoms with Crippen LogP contribution in [0.25, 0.3) is 0 Å². The quantitative estimate of drug-likeness (QED) is 0.470. The first-order valence-electron chi connectivity index (χ1n) is 2.73. The van der Waals surface area contributed by atoms with Gasteiger partial charge in [0.05, 0.1) is 0 Å². The van der Waals surface area contributed by atoms with Gasteiger partial charge in [0.15, 0.2) is 0 Å². The monoisotopic (exact) mass is 424 g/mol. The Morgan fingerprint density at radius 1 is 1.40 bits per heavy atom. The molecule has 0 nitrogen and oxygen atoms in total. The molecule has 0 radical (unpaired) electrons. The van der Waals surface area contributed by atoms with Crippen LogP contribution in [0.2, 0.25) is 0 Å². The summed E-state index contributed by atoms with van der Waals surface area (Å²) in [5, 5.41) is 0. The van der Waals surface area contributed by atoms with Gasteiger partial charge in [0.1, 0.15) is 0 Å². The third-order valence-corrected chi connectivity index (χ3v) is 8.03. The Morgan fingerprint density at radius 3 is 2.40 bits per heavy atom. The van der Waals surface area contributed by atoms with Crippen LogP contribution in [-0.4, -0.2) is 4.93 Å². The van der Waals surface area contributed by atoms with Crippen LogP contribution in [0.3, 0.4) is 0 Å². The molecule has 10 heavy (non-hydrogen) atoms. The Balaban J connectivity index is 3.03. The van der Waals surface area contributed by atoms with Crippen LogP contribution >= 0.6 is 50.4 Å². The van der Waals surface area contributed by atoms with Gasteiger partial charge in [-0.2, -0.15) is 0 Å². The number of halogens is 3. The predicted octanol–water partition coefficient (Wildman–Crippen LogP) is 4.10. The zero-order chi connectivity index (χ0) is 7.56. The molecule has 1 aromatic rings. The number of benzene rings is 1. The van der Waals surface area contributed by atoms with E-state index >= 15 is 0 Å². The molecule has 1 rings (SSSR count). The van der Waals surface area contributed by atoms with E-state index in [0.29, 0.717) is 0 Å². The summed E-state index contributed by atoms with van der Waals surface area (Å²) in [6, 6.07) is 8.49. The second kappa shape index (κ2) is 4.25. The Labute approximate surface area is 86.5 Å². The van der Waals surface area contributed by atoms with Gasteiger partial charge in [0, 0.05) is 0 Å². The van der Waals surface area contributed by atoms with Gasteiger partial charge in [-0.25, -0.2) is 0 Å². The van der Waals surface area contributed by atoms with Crippen molar-refractivity contribution in [2.45, 2.75) is 0 Å². The van der Waals surface area contributed by atoms with Crippen molar-refractivity contribution in [3.63, 3.8) is 0 Å². The SMILES string of the molecule is CI(I)c1ccccc1Br. The van der Waals surface area contributed by atoms with Crippen LogP contribution in [0.1, 0.15) is 0 Å². The van der Waals surface area contributed by atoms with E-state index in [0.717, 1.165) is 0 Å². The van der Waals surface area contributed by atoms with Crippen molar-refractivity contribution in [1.82, 2.24) is 0 Å². The van der Waals surface area contributed by atoms with Crippen LogP contribution in [0.4, 0.5) is 0 Å². The van der Waals surface area contributed by atoms with Gasteiger partial charge in [-0.05, 0) is 0 Å². The van der Waals surface area contributed by atoms with E-state index < -0.39 is 15.8 Å². The van der Waals surface area contributed by atoms with Crippen molar-refractivity contribution in [2.24, 2.45) is 0 Å². The zero-order valence-corrected chi connectivity index (χ0v) is 11.3. The molecule has 0 unspecified atom stereocenters. The Hall–Kier alpha value is 1.16. The van der Waals surface area contributed by atoms with E-state index in [1.165, 1.54) is 8.04 Å². The molecule has 0 saturated heterocycles. The molecular formula is C7H7BrI2.